The Morgan fingerprint density at radius 1 is 0.838 bits per heavy atom. The smallest absolute Gasteiger partial charge is 0.326 e. The number of rotatable bonds is 9. The highest BCUT2D eigenvalue weighted by Gasteiger charge is 2.23. The molecule has 0 fully saturated rings. The lowest BCUT2D eigenvalue weighted by molar-refractivity contribution is -0.142. The molecule has 0 radical (unpaired) electrons. The van der Waals surface area contributed by atoms with Crippen LogP contribution in [0.5, 0.6) is 0 Å². The summed E-state index contributed by atoms with van der Waals surface area (Å²) in [5, 5.41) is 3.08. The molecular formula is C31H30N2O3S. The molecule has 0 saturated heterocycles. The minimum absolute atomic E-state index is 0.158. The number of anilines is 2. The zero-order valence-electron chi connectivity index (χ0n) is 21.0. The second kappa shape index (κ2) is 12.8. The summed E-state index contributed by atoms with van der Waals surface area (Å²) >= 11 is 1.59. The highest BCUT2D eigenvalue weighted by molar-refractivity contribution is 7.99. The lowest BCUT2D eigenvalue weighted by Gasteiger charge is -2.30. The van der Waals surface area contributed by atoms with Gasteiger partial charge in [-0.25, -0.2) is 4.79 Å². The summed E-state index contributed by atoms with van der Waals surface area (Å²) in [6, 6.07) is 35.0. The van der Waals surface area contributed by atoms with Crippen molar-refractivity contribution in [1.82, 2.24) is 0 Å². The number of nitrogens with one attached hydrogen (secondary N) is 1. The van der Waals surface area contributed by atoms with Crippen molar-refractivity contribution in [3.63, 3.8) is 0 Å². The molecule has 0 aliphatic carbocycles. The lowest BCUT2D eigenvalue weighted by Crippen LogP contribution is -2.37. The van der Waals surface area contributed by atoms with Crippen LogP contribution in [0, 0.1) is 0 Å². The molecule has 188 valence electrons. The minimum atomic E-state index is -0.225. The first kappa shape index (κ1) is 26.0. The maximum atomic E-state index is 13.5. The molecule has 4 aromatic rings. The SMILES string of the molecule is CCOC(=O)Cc1ccc(Sc2cccc(NC(=O)N(c3ccccc3)C(C)c3ccccc3)c2)cc1. The Bertz CT molecular complexity index is 1310. The van der Waals surface area contributed by atoms with Crippen LogP contribution < -0.4 is 10.2 Å². The van der Waals surface area contributed by atoms with Crippen molar-refractivity contribution >= 4 is 35.1 Å². The Morgan fingerprint density at radius 3 is 2.19 bits per heavy atom. The first-order chi connectivity index (χ1) is 18.0. The molecule has 0 bridgehead atoms. The summed E-state index contributed by atoms with van der Waals surface area (Å²) in [7, 11) is 0. The van der Waals surface area contributed by atoms with E-state index in [9.17, 15) is 9.59 Å². The van der Waals surface area contributed by atoms with Crippen molar-refractivity contribution in [2.24, 2.45) is 0 Å². The third-order valence-electron chi connectivity index (χ3n) is 5.82. The quantitative estimate of drug-likeness (QED) is 0.234. The molecule has 1 N–H and O–H groups in total. The summed E-state index contributed by atoms with van der Waals surface area (Å²) in [5.41, 5.74) is 3.51. The summed E-state index contributed by atoms with van der Waals surface area (Å²) in [4.78, 5) is 29.1. The van der Waals surface area contributed by atoms with Crippen molar-refractivity contribution in [3.8, 4) is 0 Å². The maximum Gasteiger partial charge on any atom is 0.326 e. The van der Waals surface area contributed by atoms with Gasteiger partial charge in [0.1, 0.15) is 0 Å². The second-order valence-corrected chi connectivity index (χ2v) is 9.62. The number of urea groups is 1. The van der Waals surface area contributed by atoms with Crippen LogP contribution in [-0.4, -0.2) is 18.6 Å². The molecule has 0 heterocycles. The number of nitrogens with zero attached hydrogens (tertiary/aromatic N) is 1. The van der Waals surface area contributed by atoms with Gasteiger partial charge in [0.25, 0.3) is 0 Å². The van der Waals surface area contributed by atoms with E-state index in [1.807, 2.05) is 116 Å². The minimum Gasteiger partial charge on any atom is -0.466 e. The topological polar surface area (TPSA) is 58.6 Å². The van der Waals surface area contributed by atoms with Gasteiger partial charge in [-0.05, 0) is 67.4 Å². The van der Waals surface area contributed by atoms with Crippen molar-refractivity contribution in [3.05, 3.63) is 120 Å². The van der Waals surface area contributed by atoms with Crippen molar-refractivity contribution in [1.29, 1.82) is 0 Å². The standard InChI is InChI=1S/C31H30N2O3S/c1-3-36-30(34)21-24-17-19-28(20-18-24)37-29-16-10-13-26(22-29)32-31(35)33(27-14-8-5-9-15-27)23(2)25-11-6-4-7-12-25/h4-20,22-23H,3,21H2,1-2H3,(H,32,35). The molecule has 0 spiro atoms. The van der Waals surface area contributed by atoms with Crippen LogP contribution in [0.2, 0.25) is 0 Å². The van der Waals surface area contributed by atoms with E-state index in [4.69, 9.17) is 4.74 Å². The van der Waals surface area contributed by atoms with Crippen LogP contribution in [0.15, 0.2) is 119 Å². The van der Waals surface area contributed by atoms with Crippen LogP contribution in [0.1, 0.15) is 31.0 Å². The third kappa shape index (κ3) is 7.24. The van der Waals surface area contributed by atoms with Gasteiger partial charge in [0.05, 0.1) is 19.1 Å². The van der Waals surface area contributed by atoms with E-state index in [1.165, 1.54) is 0 Å². The molecule has 0 saturated carbocycles. The van der Waals surface area contributed by atoms with E-state index >= 15 is 0 Å². The van der Waals surface area contributed by atoms with Crippen molar-refractivity contribution in [2.75, 3.05) is 16.8 Å². The molecule has 2 amide bonds. The number of carbonyl (C=O) groups is 2. The summed E-state index contributed by atoms with van der Waals surface area (Å²) in [6.07, 6.45) is 0.264. The van der Waals surface area contributed by atoms with Gasteiger partial charge in [-0.1, -0.05) is 78.5 Å². The first-order valence-corrected chi connectivity index (χ1v) is 13.1. The number of esters is 1. The van der Waals surface area contributed by atoms with Gasteiger partial charge in [0.2, 0.25) is 0 Å². The van der Waals surface area contributed by atoms with Crippen molar-refractivity contribution in [2.45, 2.75) is 36.1 Å². The fourth-order valence-electron chi connectivity index (χ4n) is 4.00. The summed E-state index contributed by atoms with van der Waals surface area (Å²) < 4.78 is 5.02. The number of amides is 2. The largest absolute Gasteiger partial charge is 0.466 e. The Labute approximate surface area is 222 Å². The second-order valence-electron chi connectivity index (χ2n) is 8.48. The van der Waals surface area contributed by atoms with Crippen LogP contribution in [0.4, 0.5) is 16.2 Å². The van der Waals surface area contributed by atoms with Gasteiger partial charge in [0.15, 0.2) is 0 Å². The third-order valence-corrected chi connectivity index (χ3v) is 6.82. The predicted octanol–water partition coefficient (Wildman–Crippen LogP) is 7.74. The van der Waals surface area contributed by atoms with Crippen LogP contribution in [0.3, 0.4) is 0 Å². The van der Waals surface area contributed by atoms with Gasteiger partial charge >= 0.3 is 12.0 Å². The zero-order chi connectivity index (χ0) is 26.0. The summed E-state index contributed by atoms with van der Waals surface area (Å²) in [6.45, 7) is 4.21. The van der Waals surface area contributed by atoms with Crippen LogP contribution >= 0.6 is 11.8 Å². The molecule has 4 rings (SSSR count). The highest BCUT2D eigenvalue weighted by Crippen LogP contribution is 2.31. The number of ether oxygens (including phenoxy) is 1. The predicted molar refractivity (Wildman–Crippen MR) is 150 cm³/mol. The average Bonchev–Trinajstić information content (AvgIpc) is 2.91. The van der Waals surface area contributed by atoms with Gasteiger partial charge in [-0.3, -0.25) is 9.69 Å². The number of hydrogen-bond acceptors (Lipinski definition) is 4. The molecule has 37 heavy (non-hydrogen) atoms. The number of para-hydroxylation sites is 1. The lowest BCUT2D eigenvalue weighted by atomic mass is 10.1. The van der Waals surface area contributed by atoms with E-state index in [-0.39, 0.29) is 24.5 Å². The molecule has 4 aromatic carbocycles. The van der Waals surface area contributed by atoms with E-state index in [2.05, 4.69) is 5.32 Å². The van der Waals surface area contributed by atoms with Gasteiger partial charge in [-0.15, -0.1) is 0 Å². The molecule has 5 nitrogen and oxygen atoms in total. The molecule has 1 unspecified atom stereocenters. The summed E-state index contributed by atoms with van der Waals surface area (Å²) in [5.74, 6) is -0.225. The Balaban J connectivity index is 1.47. The van der Waals surface area contributed by atoms with E-state index < -0.39 is 0 Å². The number of carbonyl (C=O) groups excluding carboxylic acids is 2. The molecular weight excluding hydrogens is 480 g/mol. The molecule has 0 aliphatic heterocycles. The van der Waals surface area contributed by atoms with E-state index in [0.29, 0.717) is 6.61 Å². The van der Waals surface area contributed by atoms with E-state index in [0.717, 1.165) is 32.3 Å². The Hall–Kier alpha value is -4.03. The van der Waals surface area contributed by atoms with Gasteiger partial charge in [-0.2, -0.15) is 0 Å². The Morgan fingerprint density at radius 2 is 1.51 bits per heavy atom. The highest BCUT2D eigenvalue weighted by atomic mass is 32.2. The van der Waals surface area contributed by atoms with E-state index in [1.54, 1.807) is 23.6 Å². The molecule has 6 heteroatoms. The van der Waals surface area contributed by atoms with Gasteiger partial charge < -0.3 is 10.1 Å². The number of benzene rings is 4. The van der Waals surface area contributed by atoms with Crippen molar-refractivity contribution < 1.29 is 14.3 Å². The first-order valence-electron chi connectivity index (χ1n) is 12.3. The van der Waals surface area contributed by atoms with Crippen LogP contribution in [0.25, 0.3) is 0 Å². The normalized spacial score (nSPS) is 11.4. The fourth-order valence-corrected chi connectivity index (χ4v) is 4.87. The maximum absolute atomic E-state index is 13.5. The van der Waals surface area contributed by atoms with Crippen LogP contribution in [-0.2, 0) is 16.0 Å². The zero-order valence-corrected chi connectivity index (χ0v) is 21.8. The molecule has 1 atom stereocenters. The monoisotopic (exact) mass is 510 g/mol. The number of hydrogen-bond donors (Lipinski definition) is 1. The van der Waals surface area contributed by atoms with Gasteiger partial charge in [0, 0.05) is 21.2 Å². The molecule has 0 aromatic heterocycles. The molecule has 0 aliphatic rings. The Kier molecular flexibility index (Phi) is 9.00. The fraction of sp³-hybridized carbons (Fsp3) is 0.161. The average molecular weight is 511 g/mol.